The molecule has 0 saturated heterocycles. The summed E-state index contributed by atoms with van der Waals surface area (Å²) in [6, 6.07) is 0.422. The molecule has 20 heavy (non-hydrogen) atoms. The van der Waals surface area contributed by atoms with Crippen LogP contribution in [0.5, 0.6) is 0 Å². The average molecular weight is 296 g/mol. The Morgan fingerprint density at radius 3 is 2.80 bits per heavy atom. The number of fused-ring (bicyclic) bond motifs is 1. The summed E-state index contributed by atoms with van der Waals surface area (Å²) >= 11 is 6.26. The Balaban J connectivity index is 2.56. The first-order chi connectivity index (χ1) is 9.60. The van der Waals surface area contributed by atoms with Crippen LogP contribution in [0.1, 0.15) is 45.6 Å². The summed E-state index contributed by atoms with van der Waals surface area (Å²) in [5.41, 5.74) is 0.959. The molecule has 1 unspecified atom stereocenters. The van der Waals surface area contributed by atoms with Crippen molar-refractivity contribution in [1.82, 2.24) is 19.6 Å². The van der Waals surface area contributed by atoms with Gasteiger partial charge in [-0.3, -0.25) is 0 Å². The van der Waals surface area contributed by atoms with Crippen molar-refractivity contribution in [3.05, 3.63) is 17.0 Å². The topological polar surface area (TPSA) is 46.3 Å². The highest BCUT2D eigenvalue weighted by atomic mass is 35.5. The van der Waals surface area contributed by atoms with Crippen LogP contribution in [0.2, 0.25) is 5.15 Å². The third kappa shape index (κ3) is 2.73. The Morgan fingerprint density at radius 1 is 1.40 bits per heavy atom. The highest BCUT2D eigenvalue weighted by molar-refractivity contribution is 6.30. The molecule has 0 spiro atoms. The Hall–Kier alpha value is -1.36. The van der Waals surface area contributed by atoms with E-state index in [9.17, 15) is 0 Å². The Labute approximate surface area is 125 Å². The fourth-order valence-corrected chi connectivity index (χ4v) is 2.46. The molecule has 0 bridgehead atoms. The molecular weight excluding hydrogens is 274 g/mol. The van der Waals surface area contributed by atoms with Crippen LogP contribution in [0.15, 0.2) is 6.33 Å². The molecule has 0 saturated carbocycles. The quantitative estimate of drug-likeness (QED) is 0.765. The molecule has 0 aliphatic rings. The van der Waals surface area contributed by atoms with E-state index in [1.54, 1.807) is 4.52 Å². The van der Waals surface area contributed by atoms with Crippen LogP contribution in [0.3, 0.4) is 0 Å². The summed E-state index contributed by atoms with van der Waals surface area (Å²) in [7, 11) is 0. The summed E-state index contributed by atoms with van der Waals surface area (Å²) in [6.07, 6.45) is 4.89. The van der Waals surface area contributed by atoms with Gasteiger partial charge in [-0.2, -0.15) is 19.6 Å². The van der Waals surface area contributed by atoms with E-state index in [4.69, 9.17) is 11.6 Å². The maximum Gasteiger partial charge on any atom is 0.255 e. The van der Waals surface area contributed by atoms with E-state index in [1.807, 2.05) is 6.92 Å². The third-order valence-electron chi connectivity index (χ3n) is 3.72. The van der Waals surface area contributed by atoms with Gasteiger partial charge in [0.1, 0.15) is 17.3 Å². The Morgan fingerprint density at radius 2 is 2.15 bits per heavy atom. The lowest BCUT2D eigenvalue weighted by atomic mass is 10.1. The Kier molecular flexibility index (Phi) is 4.81. The van der Waals surface area contributed by atoms with Crippen LogP contribution in [-0.4, -0.2) is 32.2 Å². The van der Waals surface area contributed by atoms with Crippen LogP contribution in [0.4, 0.5) is 5.82 Å². The van der Waals surface area contributed by atoms with Crippen molar-refractivity contribution < 1.29 is 0 Å². The van der Waals surface area contributed by atoms with Crippen LogP contribution in [0, 0.1) is 6.92 Å². The normalized spacial score (nSPS) is 12.8. The number of aromatic nitrogens is 4. The predicted octanol–water partition coefficient (Wildman–Crippen LogP) is 3.49. The summed E-state index contributed by atoms with van der Waals surface area (Å²) < 4.78 is 1.79. The molecule has 2 aromatic heterocycles. The minimum Gasteiger partial charge on any atom is -0.353 e. The first-order valence-corrected chi connectivity index (χ1v) is 7.60. The monoisotopic (exact) mass is 295 g/mol. The number of hydrogen-bond donors (Lipinski definition) is 0. The van der Waals surface area contributed by atoms with E-state index in [-0.39, 0.29) is 0 Å². The standard InChI is InChI=1S/C14H22ClN5/c1-5-7-8-19(10(3)6-2)13-11(4)12(15)18-14-16-9-17-20(13)14/h9-10H,5-8H2,1-4H3. The van der Waals surface area contributed by atoms with E-state index in [2.05, 4.69) is 40.7 Å². The first-order valence-electron chi connectivity index (χ1n) is 7.22. The van der Waals surface area contributed by atoms with Gasteiger partial charge in [-0.05, 0) is 26.7 Å². The van der Waals surface area contributed by atoms with Gasteiger partial charge in [-0.15, -0.1) is 0 Å². The van der Waals surface area contributed by atoms with Crippen molar-refractivity contribution in [3.63, 3.8) is 0 Å². The lowest BCUT2D eigenvalue weighted by molar-refractivity contribution is 0.580. The Bertz CT molecular complexity index is 580. The maximum absolute atomic E-state index is 6.26. The van der Waals surface area contributed by atoms with Crippen molar-refractivity contribution in [2.75, 3.05) is 11.4 Å². The van der Waals surface area contributed by atoms with Gasteiger partial charge in [0.05, 0.1) is 0 Å². The molecule has 0 radical (unpaired) electrons. The second-order valence-electron chi connectivity index (χ2n) is 5.13. The predicted molar refractivity (Wildman–Crippen MR) is 82.5 cm³/mol. The SMILES string of the molecule is CCCCN(c1c(C)c(Cl)nc2ncnn12)C(C)CC. The largest absolute Gasteiger partial charge is 0.353 e. The lowest BCUT2D eigenvalue weighted by Crippen LogP contribution is -2.36. The van der Waals surface area contributed by atoms with Gasteiger partial charge in [0.25, 0.3) is 5.78 Å². The summed E-state index contributed by atoms with van der Waals surface area (Å²) in [5, 5.41) is 4.81. The smallest absolute Gasteiger partial charge is 0.255 e. The fourth-order valence-electron chi connectivity index (χ4n) is 2.30. The molecule has 2 aromatic rings. The van der Waals surface area contributed by atoms with E-state index in [0.29, 0.717) is 17.0 Å². The summed E-state index contributed by atoms with van der Waals surface area (Å²) in [5.74, 6) is 1.57. The average Bonchev–Trinajstić information content (AvgIpc) is 2.89. The number of hydrogen-bond acceptors (Lipinski definition) is 4. The maximum atomic E-state index is 6.26. The third-order valence-corrected chi connectivity index (χ3v) is 4.09. The van der Waals surface area contributed by atoms with Gasteiger partial charge < -0.3 is 4.90 Å². The van der Waals surface area contributed by atoms with E-state index in [0.717, 1.165) is 37.2 Å². The van der Waals surface area contributed by atoms with Crippen LogP contribution >= 0.6 is 11.6 Å². The fraction of sp³-hybridized carbons (Fsp3) is 0.643. The van der Waals surface area contributed by atoms with Gasteiger partial charge in [0.15, 0.2) is 0 Å². The molecule has 0 aliphatic carbocycles. The van der Waals surface area contributed by atoms with Gasteiger partial charge >= 0.3 is 0 Å². The van der Waals surface area contributed by atoms with Crippen molar-refractivity contribution >= 4 is 23.2 Å². The van der Waals surface area contributed by atoms with Gasteiger partial charge in [-0.1, -0.05) is 31.9 Å². The molecule has 2 rings (SSSR count). The molecule has 0 aromatic carbocycles. The zero-order valence-electron chi connectivity index (χ0n) is 12.6. The van der Waals surface area contributed by atoms with Crippen LogP contribution < -0.4 is 4.90 Å². The van der Waals surface area contributed by atoms with E-state index >= 15 is 0 Å². The number of rotatable bonds is 6. The zero-order valence-corrected chi connectivity index (χ0v) is 13.4. The van der Waals surface area contributed by atoms with Gasteiger partial charge in [0, 0.05) is 18.2 Å². The minimum absolute atomic E-state index is 0.422. The zero-order chi connectivity index (χ0) is 14.7. The molecule has 2 heterocycles. The molecular formula is C14H22ClN5. The highest BCUT2D eigenvalue weighted by Gasteiger charge is 2.21. The molecule has 110 valence electrons. The number of anilines is 1. The van der Waals surface area contributed by atoms with Crippen molar-refractivity contribution in [2.45, 2.75) is 53.0 Å². The molecule has 1 atom stereocenters. The molecule has 5 nitrogen and oxygen atoms in total. The second-order valence-corrected chi connectivity index (χ2v) is 5.49. The van der Waals surface area contributed by atoms with E-state index < -0.39 is 0 Å². The first kappa shape index (κ1) is 15.0. The van der Waals surface area contributed by atoms with Gasteiger partial charge in [0.2, 0.25) is 0 Å². The number of halogens is 1. The van der Waals surface area contributed by atoms with Crippen LogP contribution in [-0.2, 0) is 0 Å². The van der Waals surface area contributed by atoms with Gasteiger partial charge in [-0.25, -0.2) is 0 Å². The lowest BCUT2D eigenvalue weighted by Gasteiger charge is -2.32. The number of nitrogens with zero attached hydrogens (tertiary/aromatic N) is 5. The second kappa shape index (κ2) is 6.39. The molecule has 0 N–H and O–H groups in total. The van der Waals surface area contributed by atoms with Crippen molar-refractivity contribution in [2.24, 2.45) is 0 Å². The highest BCUT2D eigenvalue weighted by Crippen LogP contribution is 2.28. The van der Waals surface area contributed by atoms with Crippen LogP contribution in [0.25, 0.3) is 5.78 Å². The molecule has 0 amide bonds. The van der Waals surface area contributed by atoms with Crippen molar-refractivity contribution in [3.8, 4) is 0 Å². The van der Waals surface area contributed by atoms with E-state index in [1.165, 1.54) is 6.33 Å². The van der Waals surface area contributed by atoms with Crippen molar-refractivity contribution in [1.29, 1.82) is 0 Å². The molecule has 0 fully saturated rings. The minimum atomic E-state index is 0.422. The number of unbranched alkanes of at least 4 members (excludes halogenated alkanes) is 1. The molecule has 0 aliphatic heterocycles. The summed E-state index contributed by atoms with van der Waals surface area (Å²) in [4.78, 5) is 10.8. The molecule has 6 heteroatoms. The summed E-state index contributed by atoms with van der Waals surface area (Å²) in [6.45, 7) is 9.60.